The number of likely N-dealkylation sites (tertiary alicyclic amines) is 1. The molecule has 0 saturated carbocycles. The topological polar surface area (TPSA) is 62.5 Å². The first-order valence-electron chi connectivity index (χ1n) is 13.5. The molecule has 196 valence electrons. The number of hydrogen-bond donors (Lipinski definition) is 1. The summed E-state index contributed by atoms with van der Waals surface area (Å²) < 4.78 is 0. The van der Waals surface area contributed by atoms with E-state index in [1.807, 2.05) is 20.3 Å². The molecule has 1 aliphatic heterocycles. The van der Waals surface area contributed by atoms with Crippen LogP contribution in [0.2, 0.25) is 0 Å². The predicted octanol–water partition coefficient (Wildman–Crippen LogP) is 6.11. The third-order valence-electron chi connectivity index (χ3n) is 7.85. The maximum atomic E-state index is 12.2. The zero-order chi connectivity index (χ0) is 26.7. The summed E-state index contributed by atoms with van der Waals surface area (Å²) in [6.07, 6.45) is 12.8. The van der Waals surface area contributed by atoms with Gasteiger partial charge >= 0.3 is 0 Å². The van der Waals surface area contributed by atoms with Gasteiger partial charge in [0.2, 0.25) is 5.91 Å². The molecule has 1 fully saturated rings. The smallest absolute Gasteiger partial charge is 0.249 e. The van der Waals surface area contributed by atoms with Crippen molar-refractivity contribution in [3.63, 3.8) is 0 Å². The molecule has 1 aromatic heterocycles. The molecule has 0 atom stereocenters. The van der Waals surface area contributed by atoms with Crippen molar-refractivity contribution >= 4 is 17.7 Å². The number of amides is 1. The number of benzene rings is 1. The largest absolute Gasteiger partial charge is 0.399 e. The van der Waals surface area contributed by atoms with Gasteiger partial charge in [-0.1, -0.05) is 29.4 Å². The van der Waals surface area contributed by atoms with Crippen LogP contribution in [0.5, 0.6) is 0 Å². The summed E-state index contributed by atoms with van der Waals surface area (Å²) in [5.74, 6) is 0.775. The average molecular weight is 499 g/mol. The number of nitrogen functional groups attached to an aromatic ring is 1. The predicted molar refractivity (Wildman–Crippen MR) is 155 cm³/mol. The van der Waals surface area contributed by atoms with Crippen molar-refractivity contribution in [2.24, 2.45) is 5.92 Å². The SMILES string of the molecule is C/C(=C\c1c(-c2c(C)cc(N)cc2C)ccnc1C)CN1CCC(C2=CC=C(C(=O)N(C)C)CC2)CC1. The molecule has 37 heavy (non-hydrogen) atoms. The Morgan fingerprint density at radius 3 is 2.38 bits per heavy atom. The summed E-state index contributed by atoms with van der Waals surface area (Å²) >= 11 is 0. The molecule has 5 heteroatoms. The second-order valence-electron chi connectivity index (χ2n) is 11.1. The van der Waals surface area contributed by atoms with E-state index in [0.717, 1.165) is 49.4 Å². The third kappa shape index (κ3) is 6.22. The van der Waals surface area contributed by atoms with Crippen LogP contribution in [0.15, 0.2) is 53.3 Å². The number of aromatic nitrogens is 1. The molecule has 0 spiro atoms. The first-order valence-corrected chi connectivity index (χ1v) is 13.5. The summed E-state index contributed by atoms with van der Waals surface area (Å²) in [5, 5.41) is 0. The van der Waals surface area contributed by atoms with Crippen LogP contribution in [-0.4, -0.2) is 54.4 Å². The molecular weight excluding hydrogens is 456 g/mol. The van der Waals surface area contributed by atoms with Crippen LogP contribution >= 0.6 is 0 Å². The highest BCUT2D eigenvalue weighted by Gasteiger charge is 2.24. The lowest BCUT2D eigenvalue weighted by Crippen LogP contribution is -2.35. The van der Waals surface area contributed by atoms with Gasteiger partial charge in [-0.25, -0.2) is 0 Å². The Morgan fingerprint density at radius 1 is 1.11 bits per heavy atom. The van der Waals surface area contributed by atoms with Crippen LogP contribution in [0.1, 0.15) is 55.0 Å². The molecule has 2 heterocycles. The zero-order valence-corrected chi connectivity index (χ0v) is 23.4. The van der Waals surface area contributed by atoms with Crippen molar-refractivity contribution < 1.29 is 4.79 Å². The number of nitrogens with two attached hydrogens (primary N) is 1. The maximum Gasteiger partial charge on any atom is 0.249 e. The maximum absolute atomic E-state index is 12.2. The van der Waals surface area contributed by atoms with E-state index in [2.05, 4.69) is 74.0 Å². The fourth-order valence-corrected chi connectivity index (χ4v) is 5.97. The lowest BCUT2D eigenvalue weighted by atomic mass is 9.83. The minimum Gasteiger partial charge on any atom is -0.399 e. The van der Waals surface area contributed by atoms with E-state index in [-0.39, 0.29) is 5.91 Å². The number of anilines is 1. The highest BCUT2D eigenvalue weighted by Crippen LogP contribution is 2.35. The van der Waals surface area contributed by atoms with E-state index in [1.54, 1.807) is 4.90 Å². The number of carbonyl (C=O) groups excluding carboxylic acids is 1. The fraction of sp³-hybridized carbons (Fsp3) is 0.438. The third-order valence-corrected chi connectivity index (χ3v) is 7.85. The van der Waals surface area contributed by atoms with Crippen LogP contribution < -0.4 is 5.73 Å². The first kappa shape index (κ1) is 26.9. The Balaban J connectivity index is 1.44. The lowest BCUT2D eigenvalue weighted by Gasteiger charge is -2.34. The molecule has 2 aliphatic rings. The molecule has 0 radical (unpaired) electrons. The monoisotopic (exact) mass is 498 g/mol. The Morgan fingerprint density at radius 2 is 1.78 bits per heavy atom. The number of likely N-dealkylation sites (N-methyl/N-ethyl adjacent to an activating group) is 1. The van der Waals surface area contributed by atoms with E-state index in [0.29, 0.717) is 5.92 Å². The Labute approximate surface area is 222 Å². The van der Waals surface area contributed by atoms with Crippen LogP contribution in [0.4, 0.5) is 5.69 Å². The van der Waals surface area contributed by atoms with Gasteiger partial charge < -0.3 is 10.6 Å². The standard InChI is InChI=1S/C32H42N4O/c1-21(17-30-24(4)34-14-11-29(30)31-22(2)18-28(33)19-23(31)3)20-36-15-12-26(13-16-36)25-7-9-27(10-8-25)32(37)35(5)6/h7,9,11,14,17-19,26H,8,10,12-13,15-16,20,33H2,1-6H3/b21-17+. The molecule has 2 aromatic rings. The molecule has 4 rings (SSSR count). The Kier molecular flexibility index (Phi) is 8.33. The second kappa shape index (κ2) is 11.5. The zero-order valence-electron chi connectivity index (χ0n) is 23.4. The molecule has 0 unspecified atom stereocenters. The molecule has 0 bridgehead atoms. The van der Waals surface area contributed by atoms with Crippen molar-refractivity contribution in [3.05, 3.63) is 75.7 Å². The number of aryl methyl sites for hydroxylation is 3. The van der Waals surface area contributed by atoms with Crippen LogP contribution in [0, 0.1) is 26.7 Å². The highest BCUT2D eigenvalue weighted by atomic mass is 16.2. The van der Waals surface area contributed by atoms with Crippen LogP contribution in [-0.2, 0) is 4.79 Å². The summed E-state index contributed by atoms with van der Waals surface area (Å²) in [5.41, 5.74) is 17.8. The molecule has 5 nitrogen and oxygen atoms in total. The number of hydrogen-bond acceptors (Lipinski definition) is 4. The number of carbonyl (C=O) groups is 1. The van der Waals surface area contributed by atoms with E-state index in [9.17, 15) is 4.79 Å². The van der Waals surface area contributed by atoms with Gasteiger partial charge in [0, 0.05) is 49.4 Å². The summed E-state index contributed by atoms with van der Waals surface area (Å²) in [4.78, 5) is 21.1. The van der Waals surface area contributed by atoms with Gasteiger partial charge in [-0.2, -0.15) is 0 Å². The van der Waals surface area contributed by atoms with E-state index >= 15 is 0 Å². The summed E-state index contributed by atoms with van der Waals surface area (Å²) in [6, 6.07) is 6.25. The average Bonchev–Trinajstić information content (AvgIpc) is 2.85. The number of pyridine rings is 1. The fourth-order valence-electron chi connectivity index (χ4n) is 5.97. The number of allylic oxidation sites excluding steroid dienone is 3. The van der Waals surface area contributed by atoms with Gasteiger partial charge in [-0.3, -0.25) is 14.7 Å². The molecular formula is C32H42N4O. The molecule has 1 aliphatic carbocycles. The van der Waals surface area contributed by atoms with E-state index in [1.165, 1.54) is 51.8 Å². The normalized spacial score (nSPS) is 17.4. The minimum absolute atomic E-state index is 0.140. The number of piperidine rings is 1. The van der Waals surface area contributed by atoms with Crippen LogP contribution in [0.25, 0.3) is 17.2 Å². The van der Waals surface area contributed by atoms with Gasteiger partial charge in [0.15, 0.2) is 0 Å². The molecule has 1 saturated heterocycles. The number of nitrogens with zero attached hydrogens (tertiary/aromatic N) is 3. The lowest BCUT2D eigenvalue weighted by molar-refractivity contribution is -0.124. The highest BCUT2D eigenvalue weighted by molar-refractivity contribution is 5.93. The molecule has 2 N–H and O–H groups in total. The summed E-state index contributed by atoms with van der Waals surface area (Å²) in [6.45, 7) is 11.8. The molecule has 1 amide bonds. The van der Waals surface area contributed by atoms with E-state index in [4.69, 9.17) is 5.73 Å². The van der Waals surface area contributed by atoms with Crippen molar-refractivity contribution in [1.29, 1.82) is 0 Å². The van der Waals surface area contributed by atoms with Gasteiger partial charge in [0.25, 0.3) is 0 Å². The Bertz CT molecular complexity index is 1240. The summed E-state index contributed by atoms with van der Waals surface area (Å²) in [7, 11) is 3.65. The van der Waals surface area contributed by atoms with Gasteiger partial charge in [-0.15, -0.1) is 0 Å². The van der Waals surface area contributed by atoms with E-state index < -0.39 is 0 Å². The second-order valence-corrected chi connectivity index (χ2v) is 11.1. The van der Waals surface area contributed by atoms with Crippen molar-refractivity contribution in [2.45, 2.75) is 53.4 Å². The van der Waals surface area contributed by atoms with Gasteiger partial charge in [0.1, 0.15) is 0 Å². The Hall–Kier alpha value is -3.18. The van der Waals surface area contributed by atoms with Crippen molar-refractivity contribution in [2.75, 3.05) is 39.5 Å². The molecule has 1 aromatic carbocycles. The van der Waals surface area contributed by atoms with Crippen molar-refractivity contribution in [3.8, 4) is 11.1 Å². The first-order chi connectivity index (χ1) is 17.6. The van der Waals surface area contributed by atoms with Gasteiger partial charge in [-0.05, 0) is 113 Å². The number of rotatable bonds is 6. The van der Waals surface area contributed by atoms with Crippen LogP contribution in [0.3, 0.4) is 0 Å². The van der Waals surface area contributed by atoms with Crippen molar-refractivity contribution in [1.82, 2.24) is 14.8 Å². The quantitative estimate of drug-likeness (QED) is 0.489. The minimum atomic E-state index is 0.140. The van der Waals surface area contributed by atoms with Gasteiger partial charge in [0.05, 0.1) is 0 Å².